The molecule has 114 valence electrons. The Kier molecular flexibility index (Phi) is 4.34. The van der Waals surface area contributed by atoms with Gasteiger partial charge in [0.15, 0.2) is 0 Å². The van der Waals surface area contributed by atoms with Crippen LogP contribution in [0.2, 0.25) is 0 Å². The van der Waals surface area contributed by atoms with Gasteiger partial charge in [-0.15, -0.1) is 0 Å². The minimum atomic E-state index is -0.879. The first kappa shape index (κ1) is 15.3. The van der Waals surface area contributed by atoms with E-state index in [0.717, 1.165) is 32.8 Å². The van der Waals surface area contributed by atoms with Gasteiger partial charge in [-0.3, -0.25) is 14.5 Å². The Morgan fingerprint density at radius 3 is 2.45 bits per heavy atom. The molecule has 0 spiro atoms. The van der Waals surface area contributed by atoms with Crippen molar-refractivity contribution < 1.29 is 19.4 Å². The van der Waals surface area contributed by atoms with Gasteiger partial charge >= 0.3 is 5.97 Å². The first-order valence-electron chi connectivity index (χ1n) is 7.17. The molecule has 6 heteroatoms. The number of hydrogen-bond donors (Lipinski definition) is 2. The Bertz CT molecular complexity index is 391. The van der Waals surface area contributed by atoms with Gasteiger partial charge in [-0.25, -0.2) is 0 Å². The van der Waals surface area contributed by atoms with Gasteiger partial charge in [-0.05, 0) is 12.3 Å². The number of rotatable bonds is 5. The van der Waals surface area contributed by atoms with E-state index in [-0.39, 0.29) is 11.9 Å². The summed E-state index contributed by atoms with van der Waals surface area (Å²) in [5, 5.41) is 12.0. The molecule has 1 amide bonds. The maximum absolute atomic E-state index is 12.2. The lowest BCUT2D eigenvalue weighted by molar-refractivity contribution is -0.140. The Morgan fingerprint density at radius 1 is 1.35 bits per heavy atom. The summed E-state index contributed by atoms with van der Waals surface area (Å²) < 4.78 is 5.28. The molecule has 20 heavy (non-hydrogen) atoms. The molecule has 2 N–H and O–H groups in total. The first-order chi connectivity index (χ1) is 9.34. The van der Waals surface area contributed by atoms with Gasteiger partial charge in [0.1, 0.15) is 0 Å². The average Bonchev–Trinajstić information content (AvgIpc) is 2.93. The lowest BCUT2D eigenvalue weighted by Gasteiger charge is -2.29. The molecular formula is C14H24N2O4. The van der Waals surface area contributed by atoms with Crippen molar-refractivity contribution in [2.75, 3.05) is 32.8 Å². The summed E-state index contributed by atoms with van der Waals surface area (Å²) in [6.45, 7) is 9.64. The van der Waals surface area contributed by atoms with Crippen LogP contribution >= 0.6 is 0 Å². The summed E-state index contributed by atoms with van der Waals surface area (Å²) in [7, 11) is 0. The molecule has 2 rings (SSSR count). The van der Waals surface area contributed by atoms with E-state index in [9.17, 15) is 9.59 Å². The molecular weight excluding hydrogens is 260 g/mol. The van der Waals surface area contributed by atoms with E-state index in [4.69, 9.17) is 9.84 Å². The average molecular weight is 284 g/mol. The summed E-state index contributed by atoms with van der Waals surface area (Å²) in [5.41, 5.74) is -0.436. The molecule has 0 radical (unpaired) electrons. The third-order valence-corrected chi connectivity index (χ3v) is 4.40. The minimum absolute atomic E-state index is 0.0199. The number of aliphatic carboxylic acids is 1. The fourth-order valence-electron chi connectivity index (χ4n) is 3.14. The zero-order chi connectivity index (χ0) is 14.9. The van der Waals surface area contributed by atoms with E-state index in [1.165, 1.54) is 0 Å². The van der Waals surface area contributed by atoms with Crippen molar-refractivity contribution in [1.29, 1.82) is 0 Å². The number of hydrogen-bond acceptors (Lipinski definition) is 4. The second-order valence-electron chi connectivity index (χ2n) is 6.44. The Hall–Kier alpha value is -1.14. The number of nitrogens with zero attached hydrogens (tertiary/aromatic N) is 1. The van der Waals surface area contributed by atoms with E-state index >= 15 is 0 Å². The largest absolute Gasteiger partial charge is 0.481 e. The molecule has 0 bridgehead atoms. The maximum atomic E-state index is 12.2. The molecule has 1 saturated heterocycles. The molecule has 3 unspecified atom stereocenters. The monoisotopic (exact) mass is 284 g/mol. The van der Waals surface area contributed by atoms with E-state index < -0.39 is 23.2 Å². The third kappa shape index (κ3) is 3.12. The van der Waals surface area contributed by atoms with Gasteiger partial charge in [0.2, 0.25) is 5.91 Å². The molecule has 0 aromatic rings. The van der Waals surface area contributed by atoms with Crippen molar-refractivity contribution in [2.24, 2.45) is 17.3 Å². The van der Waals surface area contributed by atoms with Crippen LogP contribution in [0.4, 0.5) is 0 Å². The van der Waals surface area contributed by atoms with Crippen molar-refractivity contribution >= 4 is 11.9 Å². The molecule has 1 aliphatic carbocycles. The number of morpholine rings is 1. The predicted octanol–water partition coefficient (Wildman–Crippen LogP) is 0.180. The van der Waals surface area contributed by atoms with Crippen molar-refractivity contribution in [3.05, 3.63) is 0 Å². The molecule has 1 saturated carbocycles. The fourth-order valence-corrected chi connectivity index (χ4v) is 3.14. The highest BCUT2D eigenvalue weighted by Crippen LogP contribution is 2.58. The van der Waals surface area contributed by atoms with Crippen LogP contribution in [0.3, 0.4) is 0 Å². The second kappa shape index (κ2) is 5.69. The van der Waals surface area contributed by atoms with Gasteiger partial charge in [0, 0.05) is 25.7 Å². The molecule has 6 nitrogen and oxygen atoms in total. The van der Waals surface area contributed by atoms with Crippen LogP contribution in [0.25, 0.3) is 0 Å². The number of carbonyl (C=O) groups excluding carboxylic acids is 1. The fraction of sp³-hybridized carbons (Fsp3) is 0.857. The summed E-state index contributed by atoms with van der Waals surface area (Å²) >= 11 is 0. The molecule has 2 fully saturated rings. The summed E-state index contributed by atoms with van der Waals surface area (Å²) in [4.78, 5) is 25.5. The quantitative estimate of drug-likeness (QED) is 0.753. The van der Waals surface area contributed by atoms with Crippen LogP contribution in [0.1, 0.15) is 20.8 Å². The predicted molar refractivity (Wildman–Crippen MR) is 73.3 cm³/mol. The first-order valence-corrected chi connectivity index (χ1v) is 7.17. The van der Waals surface area contributed by atoms with Gasteiger partial charge in [-0.2, -0.15) is 0 Å². The van der Waals surface area contributed by atoms with Crippen LogP contribution in [-0.4, -0.2) is 60.8 Å². The van der Waals surface area contributed by atoms with Crippen molar-refractivity contribution in [1.82, 2.24) is 10.2 Å². The van der Waals surface area contributed by atoms with Gasteiger partial charge in [-0.1, -0.05) is 13.8 Å². The van der Waals surface area contributed by atoms with E-state index in [2.05, 4.69) is 10.2 Å². The number of carbonyl (C=O) groups is 2. The zero-order valence-electron chi connectivity index (χ0n) is 12.4. The number of amides is 1. The Labute approximate surface area is 119 Å². The smallest absolute Gasteiger partial charge is 0.307 e. The van der Waals surface area contributed by atoms with Gasteiger partial charge < -0.3 is 15.2 Å². The van der Waals surface area contributed by atoms with E-state index in [0.29, 0.717) is 0 Å². The lowest BCUT2D eigenvalue weighted by Crippen LogP contribution is -2.46. The number of ether oxygens (including phenoxy) is 1. The lowest BCUT2D eigenvalue weighted by atomic mass is 10.1. The minimum Gasteiger partial charge on any atom is -0.481 e. The Balaban J connectivity index is 1.81. The SMILES string of the molecule is CC(CN1CCOCC1)NC(=O)C1C(C(=O)O)C1(C)C. The number of carboxylic acid groups (broad SMARTS) is 1. The molecule has 1 aliphatic heterocycles. The molecule has 3 atom stereocenters. The normalized spacial score (nSPS) is 30.6. The maximum Gasteiger partial charge on any atom is 0.307 e. The van der Waals surface area contributed by atoms with Crippen LogP contribution in [-0.2, 0) is 14.3 Å². The van der Waals surface area contributed by atoms with E-state index in [1.807, 2.05) is 20.8 Å². The Morgan fingerprint density at radius 2 is 1.95 bits per heavy atom. The number of carboxylic acids is 1. The van der Waals surface area contributed by atoms with Crippen LogP contribution < -0.4 is 5.32 Å². The van der Waals surface area contributed by atoms with Crippen molar-refractivity contribution in [2.45, 2.75) is 26.8 Å². The van der Waals surface area contributed by atoms with Gasteiger partial charge in [0.05, 0.1) is 25.0 Å². The van der Waals surface area contributed by atoms with Crippen LogP contribution in [0.15, 0.2) is 0 Å². The highest BCUT2D eigenvalue weighted by Gasteiger charge is 2.65. The number of nitrogens with one attached hydrogen (secondary N) is 1. The zero-order valence-corrected chi connectivity index (χ0v) is 12.4. The molecule has 0 aromatic carbocycles. The van der Waals surface area contributed by atoms with Crippen molar-refractivity contribution in [3.63, 3.8) is 0 Å². The van der Waals surface area contributed by atoms with Crippen LogP contribution in [0.5, 0.6) is 0 Å². The second-order valence-corrected chi connectivity index (χ2v) is 6.44. The summed E-state index contributed by atoms with van der Waals surface area (Å²) in [6.07, 6.45) is 0. The molecule has 1 heterocycles. The van der Waals surface area contributed by atoms with Crippen molar-refractivity contribution in [3.8, 4) is 0 Å². The molecule has 0 aromatic heterocycles. The highest BCUT2D eigenvalue weighted by atomic mass is 16.5. The highest BCUT2D eigenvalue weighted by molar-refractivity contribution is 5.91. The van der Waals surface area contributed by atoms with Gasteiger partial charge in [0.25, 0.3) is 0 Å². The third-order valence-electron chi connectivity index (χ3n) is 4.40. The summed E-state index contributed by atoms with van der Waals surface area (Å²) in [6, 6.07) is 0.0199. The van der Waals surface area contributed by atoms with E-state index in [1.54, 1.807) is 0 Å². The molecule has 2 aliphatic rings. The standard InChI is InChI=1S/C14H24N2O4/c1-9(8-16-4-6-20-7-5-16)15-12(17)10-11(13(18)19)14(10,2)3/h9-11H,4-8H2,1-3H3,(H,15,17)(H,18,19). The topological polar surface area (TPSA) is 78.9 Å². The summed E-state index contributed by atoms with van der Waals surface area (Å²) in [5.74, 6) is -1.98. The van der Waals surface area contributed by atoms with Crippen LogP contribution in [0, 0.1) is 17.3 Å².